The van der Waals surface area contributed by atoms with Gasteiger partial charge >= 0.3 is 0 Å². The second-order valence-electron chi connectivity index (χ2n) is 11.3. The lowest BCUT2D eigenvalue weighted by atomic mass is 9.79. The molecule has 2 radical (unpaired) electrons. The maximum atomic E-state index is 6.70. The molecule has 0 saturated carbocycles. The fourth-order valence-electron chi connectivity index (χ4n) is 6.39. The Balaban J connectivity index is 1.41. The standard InChI is InChI=1S/C39H30BN/c1-39(2)34-16-10-9-15-33(34)37-35(40)25-26-36(38(37)39)41(31-21-17-29(18-22-31)27-11-5-3-6-12-27)32-23-19-30(20-24-32)28-13-7-4-8-14-28/h3-26H,1-2H3. The van der Waals surface area contributed by atoms with Crippen LogP contribution in [0.1, 0.15) is 25.0 Å². The van der Waals surface area contributed by atoms with Gasteiger partial charge in [-0.15, -0.1) is 0 Å². The Hall–Kier alpha value is -4.82. The Bertz CT molecular complexity index is 1750. The fraction of sp³-hybridized carbons (Fsp3) is 0.0769. The average molecular weight is 523 g/mol. The van der Waals surface area contributed by atoms with Crippen molar-refractivity contribution in [2.24, 2.45) is 0 Å². The highest BCUT2D eigenvalue weighted by Gasteiger charge is 2.39. The number of benzene rings is 6. The molecule has 0 N–H and O–H groups in total. The summed E-state index contributed by atoms with van der Waals surface area (Å²) in [6, 6.07) is 51.8. The molecule has 41 heavy (non-hydrogen) atoms. The van der Waals surface area contributed by atoms with Crippen molar-refractivity contribution in [1.82, 2.24) is 0 Å². The van der Waals surface area contributed by atoms with E-state index in [4.69, 9.17) is 7.85 Å². The van der Waals surface area contributed by atoms with Crippen LogP contribution in [0.4, 0.5) is 17.1 Å². The molecule has 6 aromatic rings. The van der Waals surface area contributed by atoms with Crippen LogP contribution in [0.5, 0.6) is 0 Å². The van der Waals surface area contributed by atoms with Gasteiger partial charge < -0.3 is 4.90 Å². The third-order valence-corrected chi connectivity index (χ3v) is 8.42. The number of hydrogen-bond donors (Lipinski definition) is 0. The molecule has 0 spiro atoms. The van der Waals surface area contributed by atoms with Crippen molar-refractivity contribution in [2.45, 2.75) is 19.3 Å². The second-order valence-corrected chi connectivity index (χ2v) is 11.3. The fourth-order valence-corrected chi connectivity index (χ4v) is 6.39. The predicted molar refractivity (Wildman–Crippen MR) is 175 cm³/mol. The molecule has 0 unspecified atom stereocenters. The summed E-state index contributed by atoms with van der Waals surface area (Å²) in [6.45, 7) is 4.63. The van der Waals surface area contributed by atoms with Crippen molar-refractivity contribution in [3.63, 3.8) is 0 Å². The summed E-state index contributed by atoms with van der Waals surface area (Å²) in [4.78, 5) is 2.38. The van der Waals surface area contributed by atoms with Gasteiger partial charge in [0.1, 0.15) is 7.85 Å². The molecule has 0 atom stereocenters. The normalized spacial score (nSPS) is 12.9. The van der Waals surface area contributed by atoms with Crippen molar-refractivity contribution in [1.29, 1.82) is 0 Å². The van der Waals surface area contributed by atoms with E-state index in [2.05, 4.69) is 164 Å². The summed E-state index contributed by atoms with van der Waals surface area (Å²) in [5, 5.41) is 0. The van der Waals surface area contributed by atoms with Gasteiger partial charge in [-0.05, 0) is 74.8 Å². The summed E-state index contributed by atoms with van der Waals surface area (Å²) >= 11 is 0. The van der Waals surface area contributed by atoms with Crippen molar-refractivity contribution in [3.8, 4) is 33.4 Å². The maximum Gasteiger partial charge on any atom is 0.114 e. The average Bonchev–Trinajstić information content (AvgIpc) is 3.28. The van der Waals surface area contributed by atoms with Crippen LogP contribution in [0.2, 0.25) is 0 Å². The van der Waals surface area contributed by atoms with Gasteiger partial charge in [0.25, 0.3) is 0 Å². The topological polar surface area (TPSA) is 3.24 Å². The van der Waals surface area contributed by atoms with Gasteiger partial charge in [0, 0.05) is 16.8 Å². The lowest BCUT2D eigenvalue weighted by molar-refractivity contribution is 0.661. The number of hydrogen-bond acceptors (Lipinski definition) is 1. The minimum absolute atomic E-state index is 0.206. The Kier molecular flexibility index (Phi) is 6.13. The van der Waals surface area contributed by atoms with Crippen LogP contribution in [0.25, 0.3) is 33.4 Å². The van der Waals surface area contributed by atoms with Crippen LogP contribution in [-0.2, 0) is 5.41 Å². The summed E-state index contributed by atoms with van der Waals surface area (Å²) < 4.78 is 0. The largest absolute Gasteiger partial charge is 0.310 e. The number of anilines is 3. The van der Waals surface area contributed by atoms with Gasteiger partial charge in [-0.2, -0.15) is 0 Å². The Morgan fingerprint density at radius 1 is 0.488 bits per heavy atom. The first-order valence-corrected chi connectivity index (χ1v) is 14.2. The van der Waals surface area contributed by atoms with E-state index in [0.717, 1.165) is 28.1 Å². The highest BCUT2D eigenvalue weighted by atomic mass is 15.1. The number of rotatable bonds is 5. The Labute approximate surface area is 244 Å². The van der Waals surface area contributed by atoms with Crippen molar-refractivity contribution in [2.75, 3.05) is 4.90 Å². The molecule has 0 heterocycles. The Morgan fingerprint density at radius 2 is 0.951 bits per heavy atom. The number of nitrogens with zero attached hydrogens (tertiary/aromatic N) is 1. The molecule has 0 aromatic heterocycles. The molecule has 1 nitrogen and oxygen atoms in total. The maximum absolute atomic E-state index is 6.70. The Morgan fingerprint density at radius 3 is 1.49 bits per heavy atom. The van der Waals surface area contributed by atoms with E-state index in [1.165, 1.54) is 38.9 Å². The van der Waals surface area contributed by atoms with Gasteiger partial charge in [0.15, 0.2) is 0 Å². The SMILES string of the molecule is [B]c1ccc(N(c2ccc(-c3ccccc3)cc2)c2ccc(-c3ccccc3)cc2)c2c1-c1ccccc1C2(C)C. The molecule has 0 bridgehead atoms. The van der Waals surface area contributed by atoms with Gasteiger partial charge in [-0.3, -0.25) is 0 Å². The third-order valence-electron chi connectivity index (χ3n) is 8.42. The zero-order chi connectivity index (χ0) is 28.0. The first-order valence-electron chi connectivity index (χ1n) is 14.2. The van der Waals surface area contributed by atoms with Crippen LogP contribution < -0.4 is 10.4 Å². The summed E-state index contributed by atoms with van der Waals surface area (Å²) in [5.74, 6) is 0. The highest BCUT2D eigenvalue weighted by Crippen LogP contribution is 2.53. The molecule has 2 heteroatoms. The minimum atomic E-state index is -0.206. The van der Waals surface area contributed by atoms with Crippen LogP contribution in [-0.4, -0.2) is 7.85 Å². The molecule has 6 aromatic carbocycles. The van der Waals surface area contributed by atoms with Crippen molar-refractivity contribution >= 4 is 30.4 Å². The van der Waals surface area contributed by atoms with Crippen LogP contribution >= 0.6 is 0 Å². The molecule has 0 amide bonds. The minimum Gasteiger partial charge on any atom is -0.310 e. The van der Waals surface area contributed by atoms with Gasteiger partial charge in [0.05, 0.1) is 5.69 Å². The lowest BCUT2D eigenvalue weighted by Crippen LogP contribution is -2.22. The van der Waals surface area contributed by atoms with Crippen LogP contribution in [0.3, 0.4) is 0 Å². The molecular weight excluding hydrogens is 493 g/mol. The van der Waals surface area contributed by atoms with E-state index in [1.807, 2.05) is 0 Å². The zero-order valence-corrected chi connectivity index (χ0v) is 23.4. The zero-order valence-electron chi connectivity index (χ0n) is 23.4. The third kappa shape index (κ3) is 4.28. The quantitative estimate of drug-likeness (QED) is 0.203. The predicted octanol–water partition coefficient (Wildman–Crippen LogP) is 9.59. The molecule has 1 aliphatic rings. The first-order chi connectivity index (χ1) is 20.0. The van der Waals surface area contributed by atoms with E-state index in [1.54, 1.807) is 0 Å². The van der Waals surface area contributed by atoms with Crippen molar-refractivity contribution < 1.29 is 0 Å². The summed E-state index contributed by atoms with van der Waals surface area (Å²) in [6.07, 6.45) is 0. The molecular formula is C39H30BN. The summed E-state index contributed by atoms with van der Waals surface area (Å²) in [5.41, 5.74) is 13.7. The summed E-state index contributed by atoms with van der Waals surface area (Å²) in [7, 11) is 6.70. The van der Waals surface area contributed by atoms with Gasteiger partial charge in [-0.1, -0.05) is 135 Å². The molecule has 0 fully saturated rings. The highest BCUT2D eigenvalue weighted by molar-refractivity contribution is 6.37. The van der Waals surface area contributed by atoms with E-state index in [9.17, 15) is 0 Å². The first kappa shape index (κ1) is 25.2. The van der Waals surface area contributed by atoms with Gasteiger partial charge in [0.2, 0.25) is 0 Å². The van der Waals surface area contributed by atoms with E-state index in [0.29, 0.717) is 0 Å². The lowest BCUT2D eigenvalue weighted by Gasteiger charge is -2.33. The smallest absolute Gasteiger partial charge is 0.114 e. The molecule has 1 aliphatic carbocycles. The molecule has 0 aliphatic heterocycles. The van der Waals surface area contributed by atoms with Gasteiger partial charge in [-0.25, -0.2) is 0 Å². The van der Waals surface area contributed by atoms with Crippen molar-refractivity contribution in [3.05, 3.63) is 157 Å². The second kappa shape index (κ2) is 9.98. The molecule has 194 valence electrons. The van der Waals surface area contributed by atoms with E-state index in [-0.39, 0.29) is 5.41 Å². The molecule has 0 saturated heterocycles. The van der Waals surface area contributed by atoms with Crippen LogP contribution in [0, 0.1) is 0 Å². The van der Waals surface area contributed by atoms with E-state index >= 15 is 0 Å². The molecule has 7 rings (SSSR count). The van der Waals surface area contributed by atoms with Crippen LogP contribution in [0.15, 0.2) is 146 Å². The number of fused-ring (bicyclic) bond motifs is 3. The monoisotopic (exact) mass is 523 g/mol. The van der Waals surface area contributed by atoms with E-state index < -0.39 is 0 Å².